The topological polar surface area (TPSA) is 18.5 Å². The molecule has 0 amide bonds. The molecule has 0 aliphatic rings. The molecule has 0 unspecified atom stereocenters. The fraction of sp³-hybridized carbons (Fsp3) is 1.00. The first kappa shape index (κ1) is 15.1. The van der Waals surface area contributed by atoms with Gasteiger partial charge in [-0.15, -0.1) is 0 Å². The molecule has 0 radical (unpaired) electrons. The summed E-state index contributed by atoms with van der Waals surface area (Å²) in [5.41, 5.74) is 0. The zero-order valence-electron chi connectivity index (χ0n) is 11.4. The minimum Gasteiger partial charge on any atom is -0.394 e. The van der Waals surface area contributed by atoms with Crippen LogP contribution in [0.4, 0.5) is 0 Å². The molecule has 0 N–H and O–H groups in total. The van der Waals surface area contributed by atoms with Crippen LogP contribution in [0.5, 0.6) is 0 Å². The first-order valence-electron chi connectivity index (χ1n) is 6.21. The smallest absolute Gasteiger partial charge is 0.343 e. The summed E-state index contributed by atoms with van der Waals surface area (Å²) in [4.78, 5) is 0. The van der Waals surface area contributed by atoms with E-state index in [1.165, 1.54) is 0 Å². The highest BCUT2D eigenvalue weighted by atomic mass is 28.4. The van der Waals surface area contributed by atoms with Crippen molar-refractivity contribution in [1.29, 1.82) is 0 Å². The number of rotatable bonds is 7. The van der Waals surface area contributed by atoms with Crippen LogP contribution in [-0.2, 0) is 8.85 Å². The van der Waals surface area contributed by atoms with E-state index in [0.717, 1.165) is 32.1 Å². The van der Waals surface area contributed by atoms with Crippen LogP contribution in [0.2, 0.25) is 11.1 Å². The molecular formula is C12H28O2Si. The van der Waals surface area contributed by atoms with Crippen LogP contribution in [0.25, 0.3) is 0 Å². The van der Waals surface area contributed by atoms with Gasteiger partial charge in [0.15, 0.2) is 0 Å². The largest absolute Gasteiger partial charge is 0.394 e. The Morgan fingerprint density at radius 3 is 1.47 bits per heavy atom. The Hall–Kier alpha value is 0.137. The van der Waals surface area contributed by atoms with Gasteiger partial charge in [-0.05, 0) is 18.9 Å². The maximum absolute atomic E-state index is 6.11. The molecule has 0 aliphatic heterocycles. The van der Waals surface area contributed by atoms with Crippen LogP contribution < -0.4 is 0 Å². The molecule has 0 bridgehead atoms. The maximum Gasteiger partial charge on any atom is 0.343 e. The Morgan fingerprint density at radius 1 is 0.867 bits per heavy atom. The van der Waals surface area contributed by atoms with E-state index in [2.05, 4.69) is 41.5 Å². The molecule has 0 aliphatic carbocycles. The average Bonchev–Trinajstić information content (AvgIpc) is 2.17. The molecule has 0 spiro atoms. The first-order valence-corrected chi connectivity index (χ1v) is 8.23. The van der Waals surface area contributed by atoms with Gasteiger partial charge in [-0.1, -0.05) is 41.5 Å². The summed E-state index contributed by atoms with van der Waals surface area (Å²) >= 11 is 0. The van der Waals surface area contributed by atoms with Crippen LogP contribution in [0.1, 0.15) is 54.4 Å². The molecule has 0 saturated carbocycles. The second kappa shape index (κ2) is 6.66. The average molecular weight is 232 g/mol. The van der Waals surface area contributed by atoms with E-state index in [1.54, 1.807) is 0 Å². The van der Waals surface area contributed by atoms with E-state index in [-0.39, 0.29) is 5.04 Å². The molecule has 0 rings (SSSR count). The van der Waals surface area contributed by atoms with E-state index in [1.807, 2.05) is 0 Å². The molecule has 92 valence electrons. The Labute approximate surface area is 96.6 Å². The molecular weight excluding hydrogens is 204 g/mol. The lowest BCUT2D eigenvalue weighted by Crippen LogP contribution is -2.50. The van der Waals surface area contributed by atoms with Crippen molar-refractivity contribution in [2.24, 2.45) is 0 Å². The minimum absolute atomic E-state index is 0.159. The van der Waals surface area contributed by atoms with E-state index < -0.39 is 8.56 Å². The Kier molecular flexibility index (Phi) is 6.72. The van der Waals surface area contributed by atoms with Crippen molar-refractivity contribution in [3.63, 3.8) is 0 Å². The van der Waals surface area contributed by atoms with Crippen molar-refractivity contribution in [3.8, 4) is 0 Å². The Balaban J connectivity index is 4.60. The lowest BCUT2D eigenvalue weighted by atomic mass is 10.2. The second-order valence-electron chi connectivity index (χ2n) is 5.05. The highest BCUT2D eigenvalue weighted by molar-refractivity contribution is 6.70. The maximum atomic E-state index is 6.11. The van der Waals surface area contributed by atoms with Crippen LogP contribution in [-0.4, -0.2) is 21.8 Å². The zero-order valence-corrected chi connectivity index (χ0v) is 12.4. The van der Waals surface area contributed by atoms with Gasteiger partial charge in [0.25, 0.3) is 0 Å². The third-order valence-electron chi connectivity index (χ3n) is 2.69. The summed E-state index contributed by atoms with van der Waals surface area (Å²) in [6.45, 7) is 14.9. The molecule has 0 heterocycles. The monoisotopic (exact) mass is 232 g/mol. The third kappa shape index (κ3) is 4.25. The van der Waals surface area contributed by atoms with Crippen LogP contribution in [0.15, 0.2) is 0 Å². The molecule has 0 fully saturated rings. The van der Waals surface area contributed by atoms with Crippen LogP contribution in [0.3, 0.4) is 0 Å². The SMILES string of the molecule is CCCO[Si](CC)(OCCC)C(C)(C)C. The predicted molar refractivity (Wildman–Crippen MR) is 68.4 cm³/mol. The van der Waals surface area contributed by atoms with Crippen LogP contribution >= 0.6 is 0 Å². The van der Waals surface area contributed by atoms with Crippen molar-refractivity contribution in [3.05, 3.63) is 0 Å². The van der Waals surface area contributed by atoms with E-state index in [0.29, 0.717) is 0 Å². The summed E-state index contributed by atoms with van der Waals surface area (Å²) in [7, 11) is -2.01. The van der Waals surface area contributed by atoms with E-state index >= 15 is 0 Å². The van der Waals surface area contributed by atoms with Gasteiger partial charge >= 0.3 is 8.56 Å². The lowest BCUT2D eigenvalue weighted by molar-refractivity contribution is 0.148. The van der Waals surface area contributed by atoms with Gasteiger partial charge in [-0.2, -0.15) is 0 Å². The first-order chi connectivity index (χ1) is 6.93. The van der Waals surface area contributed by atoms with Crippen molar-refractivity contribution in [1.82, 2.24) is 0 Å². The summed E-state index contributed by atoms with van der Waals surface area (Å²) in [5.74, 6) is 0. The van der Waals surface area contributed by atoms with Gasteiger partial charge in [0, 0.05) is 18.3 Å². The number of hydrogen-bond donors (Lipinski definition) is 0. The van der Waals surface area contributed by atoms with Gasteiger partial charge < -0.3 is 8.85 Å². The zero-order chi connectivity index (χ0) is 11.9. The minimum atomic E-state index is -2.01. The summed E-state index contributed by atoms with van der Waals surface area (Å²) < 4.78 is 12.2. The van der Waals surface area contributed by atoms with Gasteiger partial charge in [0.05, 0.1) is 0 Å². The van der Waals surface area contributed by atoms with Crippen molar-refractivity contribution in [2.45, 2.75) is 65.5 Å². The second-order valence-corrected chi connectivity index (χ2v) is 9.34. The van der Waals surface area contributed by atoms with Gasteiger partial charge in [-0.3, -0.25) is 0 Å². The molecule has 15 heavy (non-hydrogen) atoms. The van der Waals surface area contributed by atoms with Gasteiger partial charge in [0.2, 0.25) is 0 Å². The van der Waals surface area contributed by atoms with Crippen molar-refractivity contribution in [2.75, 3.05) is 13.2 Å². The molecule has 0 aromatic carbocycles. The fourth-order valence-electron chi connectivity index (χ4n) is 1.74. The molecule has 2 nitrogen and oxygen atoms in total. The molecule has 0 aromatic rings. The standard InChI is InChI=1S/C12H28O2Si/c1-7-10-13-15(9-3,12(4,5)6)14-11-8-2/h7-11H2,1-6H3. The molecule has 0 saturated heterocycles. The van der Waals surface area contributed by atoms with Crippen molar-refractivity contribution >= 4 is 8.56 Å². The predicted octanol–water partition coefficient (Wildman–Crippen LogP) is 4.10. The molecule has 0 atom stereocenters. The Bertz CT molecular complexity index is 155. The number of hydrogen-bond acceptors (Lipinski definition) is 2. The van der Waals surface area contributed by atoms with Gasteiger partial charge in [0.1, 0.15) is 0 Å². The van der Waals surface area contributed by atoms with E-state index in [9.17, 15) is 0 Å². The summed E-state index contributed by atoms with van der Waals surface area (Å²) in [5, 5.41) is 0.159. The summed E-state index contributed by atoms with van der Waals surface area (Å²) in [6, 6.07) is 1.04. The Morgan fingerprint density at radius 2 is 1.27 bits per heavy atom. The lowest BCUT2D eigenvalue weighted by Gasteiger charge is -2.40. The van der Waals surface area contributed by atoms with Crippen molar-refractivity contribution < 1.29 is 8.85 Å². The van der Waals surface area contributed by atoms with Crippen LogP contribution in [0, 0.1) is 0 Å². The van der Waals surface area contributed by atoms with Gasteiger partial charge in [-0.25, -0.2) is 0 Å². The quantitative estimate of drug-likeness (QED) is 0.615. The summed E-state index contributed by atoms with van der Waals surface area (Å²) in [6.07, 6.45) is 2.14. The fourth-order valence-corrected chi connectivity index (χ4v) is 5.23. The molecule has 3 heteroatoms. The highest BCUT2D eigenvalue weighted by Crippen LogP contribution is 2.40. The normalized spacial score (nSPS) is 13.2. The highest BCUT2D eigenvalue weighted by Gasteiger charge is 2.47. The van der Waals surface area contributed by atoms with E-state index in [4.69, 9.17) is 8.85 Å². The molecule has 0 aromatic heterocycles. The third-order valence-corrected chi connectivity index (χ3v) is 7.24.